The SMILES string of the molecule is CCOC(=O)C1=C(CN(C2CC2)C(C)C2CC2)NC(=O)NC1c1ccco1. The molecule has 3 aliphatic rings. The van der Waals surface area contributed by atoms with Crippen molar-refractivity contribution in [2.45, 2.75) is 57.7 Å². The summed E-state index contributed by atoms with van der Waals surface area (Å²) in [5, 5.41) is 5.67. The fourth-order valence-corrected chi connectivity index (χ4v) is 3.91. The molecular formula is C20H27N3O4. The van der Waals surface area contributed by atoms with Crippen molar-refractivity contribution in [1.29, 1.82) is 0 Å². The van der Waals surface area contributed by atoms with E-state index in [1.165, 1.54) is 31.9 Å². The maximum absolute atomic E-state index is 12.8. The van der Waals surface area contributed by atoms with Gasteiger partial charge in [-0.2, -0.15) is 0 Å². The summed E-state index contributed by atoms with van der Waals surface area (Å²) in [5.74, 6) is 0.824. The summed E-state index contributed by atoms with van der Waals surface area (Å²) in [7, 11) is 0. The van der Waals surface area contributed by atoms with Gasteiger partial charge in [0, 0.05) is 24.3 Å². The molecule has 1 aromatic heterocycles. The Morgan fingerprint density at radius 1 is 1.37 bits per heavy atom. The Balaban J connectivity index is 1.68. The predicted octanol–water partition coefficient (Wildman–Crippen LogP) is 2.71. The molecule has 0 saturated heterocycles. The van der Waals surface area contributed by atoms with Crippen LogP contribution in [0.5, 0.6) is 0 Å². The fourth-order valence-electron chi connectivity index (χ4n) is 3.91. The zero-order chi connectivity index (χ0) is 19.0. The minimum absolute atomic E-state index is 0.277. The molecule has 2 saturated carbocycles. The van der Waals surface area contributed by atoms with Crippen LogP contribution in [0.25, 0.3) is 0 Å². The molecule has 7 heteroatoms. The number of hydrogen-bond donors (Lipinski definition) is 2. The van der Waals surface area contributed by atoms with E-state index >= 15 is 0 Å². The summed E-state index contributed by atoms with van der Waals surface area (Å²) in [6.07, 6.45) is 6.41. The molecule has 2 N–H and O–H groups in total. The summed E-state index contributed by atoms with van der Waals surface area (Å²) < 4.78 is 10.8. The first-order chi connectivity index (χ1) is 13.1. The van der Waals surface area contributed by atoms with Crippen LogP contribution >= 0.6 is 0 Å². The molecule has 2 unspecified atom stereocenters. The second kappa shape index (κ2) is 7.38. The molecule has 27 heavy (non-hydrogen) atoms. The number of carbonyl (C=O) groups excluding carboxylic acids is 2. The maximum atomic E-state index is 12.8. The minimum atomic E-state index is -0.639. The monoisotopic (exact) mass is 373 g/mol. The summed E-state index contributed by atoms with van der Waals surface area (Å²) in [4.78, 5) is 27.5. The molecule has 2 heterocycles. The average molecular weight is 373 g/mol. The van der Waals surface area contributed by atoms with E-state index in [1.54, 1.807) is 19.1 Å². The molecule has 2 atom stereocenters. The van der Waals surface area contributed by atoms with Gasteiger partial charge in [0.05, 0.1) is 18.4 Å². The van der Waals surface area contributed by atoms with Crippen molar-refractivity contribution >= 4 is 12.0 Å². The predicted molar refractivity (Wildman–Crippen MR) is 98.7 cm³/mol. The normalized spacial score (nSPS) is 23.8. The van der Waals surface area contributed by atoms with E-state index in [9.17, 15) is 9.59 Å². The Labute approximate surface area is 159 Å². The highest BCUT2D eigenvalue weighted by atomic mass is 16.5. The number of amides is 2. The molecule has 2 amide bonds. The molecule has 0 bridgehead atoms. The number of carbonyl (C=O) groups is 2. The Morgan fingerprint density at radius 3 is 2.74 bits per heavy atom. The zero-order valence-electron chi connectivity index (χ0n) is 15.9. The zero-order valence-corrected chi connectivity index (χ0v) is 15.9. The van der Waals surface area contributed by atoms with Crippen LogP contribution in [-0.2, 0) is 9.53 Å². The van der Waals surface area contributed by atoms with Gasteiger partial charge in [0.2, 0.25) is 0 Å². The second-order valence-electron chi connectivity index (χ2n) is 7.64. The first-order valence-corrected chi connectivity index (χ1v) is 9.85. The number of nitrogens with one attached hydrogen (secondary N) is 2. The van der Waals surface area contributed by atoms with E-state index in [1.807, 2.05) is 0 Å². The molecule has 2 aliphatic carbocycles. The third-order valence-corrected chi connectivity index (χ3v) is 5.66. The number of furan rings is 1. The molecule has 4 rings (SSSR count). The lowest BCUT2D eigenvalue weighted by atomic mass is 9.99. The van der Waals surface area contributed by atoms with E-state index in [0.717, 1.165) is 5.92 Å². The van der Waals surface area contributed by atoms with Crippen LogP contribution in [0.1, 0.15) is 51.3 Å². The number of rotatable bonds is 8. The van der Waals surface area contributed by atoms with E-state index in [4.69, 9.17) is 9.15 Å². The van der Waals surface area contributed by atoms with Crippen molar-refractivity contribution in [2.24, 2.45) is 5.92 Å². The van der Waals surface area contributed by atoms with Gasteiger partial charge in [-0.1, -0.05) is 0 Å². The van der Waals surface area contributed by atoms with Crippen molar-refractivity contribution in [1.82, 2.24) is 15.5 Å². The van der Waals surface area contributed by atoms with Crippen molar-refractivity contribution in [3.8, 4) is 0 Å². The van der Waals surface area contributed by atoms with Crippen molar-refractivity contribution in [3.63, 3.8) is 0 Å². The van der Waals surface area contributed by atoms with Crippen LogP contribution in [0.4, 0.5) is 4.79 Å². The van der Waals surface area contributed by atoms with Crippen LogP contribution in [0, 0.1) is 5.92 Å². The molecule has 2 fully saturated rings. The first kappa shape index (κ1) is 18.1. The highest BCUT2D eigenvalue weighted by molar-refractivity contribution is 5.95. The van der Waals surface area contributed by atoms with Gasteiger partial charge in [-0.3, -0.25) is 4.90 Å². The molecule has 1 aromatic rings. The van der Waals surface area contributed by atoms with Gasteiger partial charge >= 0.3 is 12.0 Å². The Hall–Kier alpha value is -2.28. The molecule has 0 spiro atoms. The largest absolute Gasteiger partial charge is 0.467 e. The molecular weight excluding hydrogens is 346 g/mol. The van der Waals surface area contributed by atoms with Gasteiger partial charge in [0.1, 0.15) is 11.8 Å². The van der Waals surface area contributed by atoms with Crippen LogP contribution in [0.2, 0.25) is 0 Å². The topological polar surface area (TPSA) is 83.8 Å². The van der Waals surface area contributed by atoms with Gasteiger partial charge in [-0.15, -0.1) is 0 Å². The van der Waals surface area contributed by atoms with E-state index < -0.39 is 12.0 Å². The number of urea groups is 1. The summed E-state index contributed by atoms with van der Waals surface area (Å²) in [6, 6.07) is 3.53. The van der Waals surface area contributed by atoms with Gasteiger partial charge < -0.3 is 19.8 Å². The van der Waals surface area contributed by atoms with E-state index in [-0.39, 0.29) is 12.6 Å². The highest BCUT2D eigenvalue weighted by Gasteiger charge is 2.42. The Bertz CT molecular complexity index is 734. The van der Waals surface area contributed by atoms with Crippen LogP contribution < -0.4 is 10.6 Å². The number of esters is 1. The summed E-state index contributed by atoms with van der Waals surface area (Å²) in [5.41, 5.74) is 1.05. The lowest BCUT2D eigenvalue weighted by molar-refractivity contribution is -0.139. The standard InChI is InChI=1S/C20H27N3O4/c1-3-26-19(24)17-15(11-23(14-8-9-14)12(2)13-6-7-13)21-20(25)22-18(17)16-5-4-10-27-16/h4-5,10,12-14,18H,3,6-9,11H2,1-2H3,(H2,21,22,25). The summed E-state index contributed by atoms with van der Waals surface area (Å²) in [6.45, 7) is 4.86. The molecule has 1 aliphatic heterocycles. The van der Waals surface area contributed by atoms with Crippen molar-refractivity contribution in [3.05, 3.63) is 35.4 Å². The van der Waals surface area contributed by atoms with Crippen LogP contribution in [-0.4, -0.2) is 42.1 Å². The van der Waals surface area contributed by atoms with Crippen LogP contribution in [0.15, 0.2) is 34.1 Å². The Kier molecular flexibility index (Phi) is 4.95. The van der Waals surface area contributed by atoms with E-state index in [2.05, 4.69) is 22.5 Å². The highest BCUT2D eigenvalue weighted by Crippen LogP contribution is 2.40. The molecule has 0 aromatic carbocycles. The Morgan fingerprint density at radius 2 is 2.15 bits per heavy atom. The second-order valence-corrected chi connectivity index (χ2v) is 7.64. The fraction of sp³-hybridized carbons (Fsp3) is 0.600. The third kappa shape index (κ3) is 3.88. The lowest BCUT2D eigenvalue weighted by Gasteiger charge is -2.34. The number of hydrogen-bond acceptors (Lipinski definition) is 5. The number of nitrogens with zero attached hydrogens (tertiary/aromatic N) is 1. The molecule has 0 radical (unpaired) electrons. The van der Waals surface area contributed by atoms with Gasteiger partial charge in [0.15, 0.2) is 0 Å². The van der Waals surface area contributed by atoms with Gasteiger partial charge in [0.25, 0.3) is 0 Å². The lowest BCUT2D eigenvalue weighted by Crippen LogP contribution is -2.50. The average Bonchev–Trinajstić information content (AvgIpc) is 3.57. The molecule has 7 nitrogen and oxygen atoms in total. The van der Waals surface area contributed by atoms with Gasteiger partial charge in [-0.05, 0) is 57.6 Å². The van der Waals surface area contributed by atoms with E-state index in [0.29, 0.717) is 35.7 Å². The molecule has 146 valence electrons. The minimum Gasteiger partial charge on any atom is -0.467 e. The third-order valence-electron chi connectivity index (χ3n) is 5.66. The quantitative estimate of drug-likeness (QED) is 0.685. The van der Waals surface area contributed by atoms with Crippen molar-refractivity contribution in [2.75, 3.05) is 13.2 Å². The van der Waals surface area contributed by atoms with Crippen LogP contribution in [0.3, 0.4) is 0 Å². The summed E-state index contributed by atoms with van der Waals surface area (Å²) >= 11 is 0. The maximum Gasteiger partial charge on any atom is 0.338 e. The first-order valence-electron chi connectivity index (χ1n) is 9.85. The number of ether oxygens (including phenoxy) is 1. The smallest absolute Gasteiger partial charge is 0.338 e. The van der Waals surface area contributed by atoms with Crippen molar-refractivity contribution < 1.29 is 18.7 Å². The van der Waals surface area contributed by atoms with Gasteiger partial charge in [-0.25, -0.2) is 9.59 Å².